The molecule has 0 fully saturated rings. The van der Waals surface area contributed by atoms with E-state index in [1.54, 1.807) is 0 Å². The molecule has 100 valence electrons. The van der Waals surface area contributed by atoms with Crippen molar-refractivity contribution in [2.75, 3.05) is 5.32 Å². The normalized spacial score (nSPS) is 10.4. The van der Waals surface area contributed by atoms with Gasteiger partial charge < -0.3 is 5.32 Å². The fraction of sp³-hybridized carbons (Fsp3) is 0.308. The van der Waals surface area contributed by atoms with Gasteiger partial charge in [0.25, 0.3) is 0 Å². The van der Waals surface area contributed by atoms with Crippen LogP contribution in [0.1, 0.15) is 33.1 Å². The number of nitrogens with zero attached hydrogens (tertiary/aromatic N) is 1. The second-order valence-corrected chi connectivity index (χ2v) is 6.32. The SMILES string of the molecule is Cc1csc(NC(=O)CCC(=O)c2ccc(C)s2)n1. The number of aryl methyl sites for hydroxylation is 2. The Bertz CT molecular complexity index is 601. The number of thiophene rings is 1. The quantitative estimate of drug-likeness (QED) is 0.860. The van der Waals surface area contributed by atoms with E-state index in [-0.39, 0.29) is 24.5 Å². The molecule has 0 aliphatic rings. The van der Waals surface area contributed by atoms with Crippen LogP contribution in [0.4, 0.5) is 5.13 Å². The number of anilines is 1. The summed E-state index contributed by atoms with van der Waals surface area (Å²) in [6.07, 6.45) is 0.421. The van der Waals surface area contributed by atoms with E-state index in [9.17, 15) is 9.59 Å². The van der Waals surface area contributed by atoms with Crippen LogP contribution in [0, 0.1) is 13.8 Å². The minimum absolute atomic E-state index is 0.0172. The van der Waals surface area contributed by atoms with Gasteiger partial charge in [-0.1, -0.05) is 0 Å². The van der Waals surface area contributed by atoms with Crippen molar-refractivity contribution >= 4 is 39.5 Å². The number of amides is 1. The minimum atomic E-state index is -0.170. The van der Waals surface area contributed by atoms with E-state index in [1.807, 2.05) is 31.4 Å². The summed E-state index contributed by atoms with van der Waals surface area (Å²) in [7, 11) is 0. The first-order valence-corrected chi connectivity index (χ1v) is 7.56. The molecule has 19 heavy (non-hydrogen) atoms. The lowest BCUT2D eigenvalue weighted by molar-refractivity contribution is -0.116. The Balaban J connectivity index is 1.82. The third-order valence-corrected chi connectivity index (χ3v) is 4.38. The number of Topliss-reactive ketones (excluding diaryl/α,β-unsaturated/α-hetero) is 1. The van der Waals surface area contributed by atoms with Gasteiger partial charge in [0.1, 0.15) is 0 Å². The van der Waals surface area contributed by atoms with E-state index in [1.165, 1.54) is 22.7 Å². The number of carbonyl (C=O) groups excluding carboxylic acids is 2. The first-order chi connectivity index (χ1) is 9.04. The van der Waals surface area contributed by atoms with Gasteiger partial charge in [0.05, 0.1) is 10.6 Å². The van der Waals surface area contributed by atoms with Gasteiger partial charge in [-0.05, 0) is 26.0 Å². The minimum Gasteiger partial charge on any atom is -0.302 e. The average Bonchev–Trinajstić information content (AvgIpc) is 2.95. The molecule has 0 aromatic carbocycles. The number of thiazole rings is 1. The van der Waals surface area contributed by atoms with Crippen LogP contribution in [-0.2, 0) is 4.79 Å². The lowest BCUT2D eigenvalue weighted by Gasteiger charge is -2.00. The highest BCUT2D eigenvalue weighted by molar-refractivity contribution is 7.14. The van der Waals surface area contributed by atoms with Crippen molar-refractivity contribution in [3.05, 3.63) is 33.0 Å². The van der Waals surface area contributed by atoms with Gasteiger partial charge in [-0.2, -0.15) is 0 Å². The predicted molar refractivity (Wildman–Crippen MR) is 78.1 cm³/mol. The van der Waals surface area contributed by atoms with Crippen LogP contribution < -0.4 is 5.32 Å². The first-order valence-electron chi connectivity index (χ1n) is 5.86. The Kier molecular flexibility index (Phi) is 4.44. The van der Waals surface area contributed by atoms with Crippen molar-refractivity contribution < 1.29 is 9.59 Å². The maximum Gasteiger partial charge on any atom is 0.226 e. The molecule has 6 heteroatoms. The molecule has 0 spiro atoms. The van der Waals surface area contributed by atoms with Crippen molar-refractivity contribution in [2.45, 2.75) is 26.7 Å². The van der Waals surface area contributed by atoms with Crippen LogP contribution in [0.5, 0.6) is 0 Å². The van der Waals surface area contributed by atoms with E-state index in [2.05, 4.69) is 10.3 Å². The highest BCUT2D eigenvalue weighted by Gasteiger charge is 2.12. The maximum absolute atomic E-state index is 11.8. The smallest absolute Gasteiger partial charge is 0.226 e. The summed E-state index contributed by atoms with van der Waals surface area (Å²) in [5, 5.41) is 5.15. The Morgan fingerprint density at radius 1 is 1.26 bits per heavy atom. The van der Waals surface area contributed by atoms with Gasteiger partial charge in [-0.25, -0.2) is 4.98 Å². The summed E-state index contributed by atoms with van der Waals surface area (Å²) in [5.74, 6) is -0.153. The van der Waals surface area contributed by atoms with Gasteiger partial charge in [0, 0.05) is 23.1 Å². The fourth-order valence-electron chi connectivity index (χ4n) is 1.53. The highest BCUT2D eigenvalue weighted by atomic mass is 32.1. The Morgan fingerprint density at radius 3 is 2.63 bits per heavy atom. The number of aromatic nitrogens is 1. The lowest BCUT2D eigenvalue weighted by Crippen LogP contribution is -2.13. The summed E-state index contributed by atoms with van der Waals surface area (Å²) >= 11 is 2.85. The monoisotopic (exact) mass is 294 g/mol. The maximum atomic E-state index is 11.8. The van der Waals surface area contributed by atoms with Crippen molar-refractivity contribution in [2.24, 2.45) is 0 Å². The summed E-state index contributed by atoms with van der Waals surface area (Å²) in [6.45, 7) is 3.83. The second-order valence-electron chi connectivity index (χ2n) is 4.18. The first kappa shape index (κ1) is 13.9. The molecular weight excluding hydrogens is 280 g/mol. The van der Waals surface area contributed by atoms with Gasteiger partial charge in [-0.3, -0.25) is 9.59 Å². The van der Waals surface area contributed by atoms with E-state index in [0.29, 0.717) is 5.13 Å². The molecule has 0 saturated carbocycles. The van der Waals surface area contributed by atoms with Crippen molar-refractivity contribution in [1.29, 1.82) is 0 Å². The number of rotatable bonds is 5. The standard InChI is InChI=1S/C13H14N2O2S2/c1-8-7-18-13(14-8)15-12(17)6-4-10(16)11-5-3-9(2)19-11/h3,5,7H,4,6H2,1-2H3,(H,14,15,17). The van der Waals surface area contributed by atoms with Gasteiger partial charge in [0.2, 0.25) is 5.91 Å². The summed E-state index contributed by atoms with van der Waals surface area (Å²) in [5.41, 5.74) is 0.880. The van der Waals surface area contributed by atoms with E-state index < -0.39 is 0 Å². The average molecular weight is 294 g/mol. The van der Waals surface area contributed by atoms with Gasteiger partial charge in [0.15, 0.2) is 10.9 Å². The van der Waals surface area contributed by atoms with Crippen LogP contribution in [0.15, 0.2) is 17.5 Å². The van der Waals surface area contributed by atoms with Crippen LogP contribution in [-0.4, -0.2) is 16.7 Å². The molecule has 2 heterocycles. The second kappa shape index (κ2) is 6.08. The third kappa shape index (κ3) is 3.97. The molecule has 1 amide bonds. The number of ketones is 1. The molecule has 2 rings (SSSR count). The van der Waals surface area contributed by atoms with E-state index in [4.69, 9.17) is 0 Å². The molecule has 2 aromatic rings. The molecule has 0 saturated heterocycles. The summed E-state index contributed by atoms with van der Waals surface area (Å²) in [6, 6.07) is 3.72. The van der Waals surface area contributed by atoms with E-state index in [0.717, 1.165) is 15.4 Å². The molecule has 0 aliphatic carbocycles. The van der Waals surface area contributed by atoms with Crippen LogP contribution in [0.2, 0.25) is 0 Å². The number of carbonyl (C=O) groups is 2. The predicted octanol–water partition coefficient (Wildman–Crippen LogP) is 3.42. The molecule has 0 unspecified atom stereocenters. The summed E-state index contributed by atoms with van der Waals surface area (Å²) < 4.78 is 0. The molecule has 0 aliphatic heterocycles. The zero-order valence-corrected chi connectivity index (χ0v) is 12.4. The topological polar surface area (TPSA) is 59.1 Å². The van der Waals surface area contributed by atoms with Crippen LogP contribution in [0.25, 0.3) is 0 Å². The van der Waals surface area contributed by atoms with Crippen molar-refractivity contribution in [1.82, 2.24) is 4.98 Å². The molecule has 1 N–H and O–H groups in total. The Labute approximate surface area is 119 Å². The summed E-state index contributed by atoms with van der Waals surface area (Å²) in [4.78, 5) is 29.5. The number of hydrogen-bond acceptors (Lipinski definition) is 5. The molecular formula is C13H14N2O2S2. The van der Waals surface area contributed by atoms with E-state index >= 15 is 0 Å². The third-order valence-electron chi connectivity index (χ3n) is 2.46. The van der Waals surface area contributed by atoms with Gasteiger partial charge in [-0.15, -0.1) is 22.7 Å². The molecule has 4 nitrogen and oxygen atoms in total. The largest absolute Gasteiger partial charge is 0.302 e. The van der Waals surface area contributed by atoms with Gasteiger partial charge >= 0.3 is 0 Å². The van der Waals surface area contributed by atoms with Crippen LogP contribution >= 0.6 is 22.7 Å². The molecule has 2 aromatic heterocycles. The Hall–Kier alpha value is -1.53. The Morgan fingerprint density at radius 2 is 2.05 bits per heavy atom. The molecule has 0 atom stereocenters. The van der Waals surface area contributed by atoms with Crippen LogP contribution in [0.3, 0.4) is 0 Å². The number of hydrogen-bond donors (Lipinski definition) is 1. The number of nitrogens with one attached hydrogen (secondary N) is 1. The van der Waals surface area contributed by atoms with Crippen molar-refractivity contribution in [3.8, 4) is 0 Å². The zero-order valence-electron chi connectivity index (χ0n) is 10.7. The molecule has 0 bridgehead atoms. The molecule has 0 radical (unpaired) electrons. The zero-order chi connectivity index (χ0) is 13.8. The van der Waals surface area contributed by atoms with Crippen molar-refractivity contribution in [3.63, 3.8) is 0 Å². The highest BCUT2D eigenvalue weighted by Crippen LogP contribution is 2.18. The lowest BCUT2D eigenvalue weighted by atomic mass is 10.2. The fourth-order valence-corrected chi connectivity index (χ4v) is 3.07.